The summed E-state index contributed by atoms with van der Waals surface area (Å²) in [5, 5.41) is 0. The fraction of sp³-hybridized carbons (Fsp3) is 0.364. The molecular weight excluding hydrogens is 313 g/mol. The molecule has 4 nitrogen and oxygen atoms in total. The molecule has 0 bridgehead atoms. The number of rotatable bonds is 5. The second-order valence-electron chi connectivity index (χ2n) is 4.04. The molecule has 0 amide bonds. The molecule has 0 saturated carbocycles. The van der Waals surface area contributed by atoms with Crippen LogP contribution in [-0.2, 0) is 16.2 Å². The highest BCUT2D eigenvalue weighted by atomic mass is 32.2. The van der Waals surface area contributed by atoms with Crippen molar-refractivity contribution >= 4 is 27.2 Å². The van der Waals surface area contributed by atoms with E-state index >= 15 is 0 Å². The number of benzene rings is 1. The molecule has 0 radical (unpaired) electrons. The standard InChI is InChI=1S/C11H13F3N2O2S2/c1-7-8(11(12,13)14)3-2-4-9(7)20(17,18)16-6-5-10(15)19/h2-4,16H,5-6H2,1H3,(H2,15,19). The van der Waals surface area contributed by atoms with Crippen molar-refractivity contribution < 1.29 is 21.6 Å². The van der Waals surface area contributed by atoms with Crippen LogP contribution in [0, 0.1) is 6.92 Å². The molecular formula is C11H13F3N2O2S2. The third-order valence-electron chi connectivity index (χ3n) is 2.54. The van der Waals surface area contributed by atoms with E-state index in [1.165, 1.54) is 0 Å². The highest BCUT2D eigenvalue weighted by Crippen LogP contribution is 2.34. The summed E-state index contributed by atoms with van der Waals surface area (Å²) in [4.78, 5) is -0.288. The topological polar surface area (TPSA) is 72.2 Å². The Morgan fingerprint density at radius 2 is 2.00 bits per heavy atom. The first-order chi connectivity index (χ1) is 9.05. The molecule has 1 rings (SSSR count). The molecule has 0 spiro atoms. The zero-order valence-corrected chi connectivity index (χ0v) is 12.1. The van der Waals surface area contributed by atoms with E-state index in [1.807, 2.05) is 0 Å². The molecule has 0 atom stereocenters. The van der Waals surface area contributed by atoms with E-state index in [1.54, 1.807) is 0 Å². The van der Waals surface area contributed by atoms with Gasteiger partial charge in [0.2, 0.25) is 10.0 Å². The van der Waals surface area contributed by atoms with Gasteiger partial charge in [-0.25, -0.2) is 13.1 Å². The third-order valence-corrected chi connectivity index (χ3v) is 4.35. The molecule has 0 aliphatic rings. The van der Waals surface area contributed by atoms with Gasteiger partial charge in [-0.2, -0.15) is 13.2 Å². The van der Waals surface area contributed by atoms with Crippen LogP contribution >= 0.6 is 12.2 Å². The van der Waals surface area contributed by atoms with Gasteiger partial charge in [0.1, 0.15) is 0 Å². The lowest BCUT2D eigenvalue weighted by atomic mass is 10.1. The second-order valence-corrected chi connectivity index (χ2v) is 6.30. The predicted molar refractivity (Wildman–Crippen MR) is 72.8 cm³/mol. The smallest absolute Gasteiger partial charge is 0.393 e. The average molecular weight is 326 g/mol. The van der Waals surface area contributed by atoms with Crippen molar-refractivity contribution in [3.63, 3.8) is 0 Å². The minimum Gasteiger partial charge on any atom is -0.393 e. The maximum atomic E-state index is 12.7. The molecule has 20 heavy (non-hydrogen) atoms. The summed E-state index contributed by atoms with van der Waals surface area (Å²) >= 11 is 4.59. The van der Waals surface area contributed by atoms with Gasteiger partial charge in [-0.1, -0.05) is 18.3 Å². The Hall–Kier alpha value is -1.19. The van der Waals surface area contributed by atoms with E-state index in [0.29, 0.717) is 0 Å². The van der Waals surface area contributed by atoms with Crippen molar-refractivity contribution in [3.8, 4) is 0 Å². The van der Waals surface area contributed by atoms with Gasteiger partial charge in [-0.3, -0.25) is 0 Å². The van der Waals surface area contributed by atoms with Crippen LogP contribution in [0.5, 0.6) is 0 Å². The molecule has 112 valence electrons. The average Bonchev–Trinajstić information content (AvgIpc) is 2.26. The number of alkyl halides is 3. The summed E-state index contributed by atoms with van der Waals surface area (Å²) in [6.45, 7) is 1.05. The zero-order valence-electron chi connectivity index (χ0n) is 10.5. The Balaban J connectivity index is 3.11. The SMILES string of the molecule is Cc1c(C(F)(F)F)cccc1S(=O)(=O)NCCC(N)=S. The largest absolute Gasteiger partial charge is 0.416 e. The van der Waals surface area contributed by atoms with Crippen molar-refractivity contribution in [1.82, 2.24) is 4.72 Å². The van der Waals surface area contributed by atoms with Crippen LogP contribution in [0.25, 0.3) is 0 Å². The number of hydrogen-bond donors (Lipinski definition) is 2. The van der Waals surface area contributed by atoms with Crippen LogP contribution in [0.1, 0.15) is 17.5 Å². The van der Waals surface area contributed by atoms with Crippen LogP contribution in [0.15, 0.2) is 23.1 Å². The van der Waals surface area contributed by atoms with Crippen LogP contribution in [0.3, 0.4) is 0 Å². The van der Waals surface area contributed by atoms with Gasteiger partial charge in [0.25, 0.3) is 0 Å². The monoisotopic (exact) mass is 326 g/mol. The van der Waals surface area contributed by atoms with Crippen molar-refractivity contribution in [2.75, 3.05) is 6.54 Å². The highest BCUT2D eigenvalue weighted by molar-refractivity contribution is 7.89. The van der Waals surface area contributed by atoms with Crippen molar-refractivity contribution in [2.45, 2.75) is 24.4 Å². The molecule has 0 aliphatic heterocycles. The lowest BCUT2D eigenvalue weighted by Gasteiger charge is -2.14. The first kappa shape index (κ1) is 16.9. The van der Waals surface area contributed by atoms with E-state index in [4.69, 9.17) is 5.73 Å². The quantitative estimate of drug-likeness (QED) is 0.812. The van der Waals surface area contributed by atoms with Crippen LogP contribution in [-0.4, -0.2) is 20.0 Å². The van der Waals surface area contributed by atoms with Gasteiger partial charge in [-0.15, -0.1) is 0 Å². The fourth-order valence-corrected chi connectivity index (χ4v) is 3.00. The van der Waals surface area contributed by atoms with Gasteiger partial charge in [0.15, 0.2) is 0 Å². The maximum Gasteiger partial charge on any atom is 0.416 e. The molecule has 0 saturated heterocycles. The van der Waals surface area contributed by atoms with Crippen molar-refractivity contribution in [3.05, 3.63) is 29.3 Å². The summed E-state index contributed by atoms with van der Waals surface area (Å²) in [6.07, 6.45) is -4.47. The van der Waals surface area contributed by atoms with E-state index in [9.17, 15) is 21.6 Å². The van der Waals surface area contributed by atoms with Gasteiger partial charge >= 0.3 is 6.18 Å². The first-order valence-electron chi connectivity index (χ1n) is 5.50. The number of hydrogen-bond acceptors (Lipinski definition) is 3. The van der Waals surface area contributed by atoms with E-state index in [-0.39, 0.29) is 23.5 Å². The molecule has 0 fully saturated rings. The number of halogens is 3. The second kappa shape index (κ2) is 6.06. The van der Waals surface area contributed by atoms with Gasteiger partial charge in [0, 0.05) is 13.0 Å². The molecule has 1 aromatic rings. The number of thiocarbonyl (C=S) groups is 1. The zero-order chi connectivity index (χ0) is 15.6. The number of nitrogens with two attached hydrogens (primary N) is 1. The van der Waals surface area contributed by atoms with Crippen molar-refractivity contribution in [1.29, 1.82) is 0 Å². The molecule has 0 aliphatic carbocycles. The van der Waals surface area contributed by atoms with Crippen molar-refractivity contribution in [2.24, 2.45) is 5.73 Å². The lowest BCUT2D eigenvalue weighted by molar-refractivity contribution is -0.138. The van der Waals surface area contributed by atoms with E-state index < -0.39 is 26.7 Å². The van der Waals surface area contributed by atoms with Crippen LogP contribution in [0.2, 0.25) is 0 Å². The lowest BCUT2D eigenvalue weighted by Crippen LogP contribution is -2.28. The molecule has 0 heterocycles. The summed E-state index contributed by atoms with van der Waals surface area (Å²) < 4.78 is 64.2. The maximum absolute atomic E-state index is 12.7. The molecule has 0 aromatic heterocycles. The van der Waals surface area contributed by atoms with Gasteiger partial charge in [-0.05, 0) is 24.6 Å². The number of sulfonamides is 1. The Morgan fingerprint density at radius 3 is 2.50 bits per heavy atom. The minimum atomic E-state index is -4.60. The van der Waals surface area contributed by atoms with Gasteiger partial charge in [0.05, 0.1) is 15.4 Å². The molecule has 1 aromatic carbocycles. The van der Waals surface area contributed by atoms with Crippen LogP contribution < -0.4 is 10.5 Å². The molecule has 0 unspecified atom stereocenters. The summed E-state index contributed by atoms with van der Waals surface area (Å²) in [7, 11) is -4.03. The molecule has 9 heteroatoms. The Labute approximate surface area is 120 Å². The number of nitrogens with one attached hydrogen (secondary N) is 1. The van der Waals surface area contributed by atoms with E-state index in [2.05, 4.69) is 16.9 Å². The van der Waals surface area contributed by atoms with Crippen LogP contribution in [0.4, 0.5) is 13.2 Å². The minimum absolute atomic E-state index is 0.0622. The fourth-order valence-electron chi connectivity index (χ4n) is 1.60. The molecule has 3 N–H and O–H groups in total. The first-order valence-corrected chi connectivity index (χ1v) is 7.39. The third kappa shape index (κ3) is 4.15. The Bertz CT molecular complexity index is 613. The summed E-state index contributed by atoms with van der Waals surface area (Å²) in [6, 6.07) is 3.01. The Kier molecular flexibility index (Phi) is 5.11. The highest BCUT2D eigenvalue weighted by Gasteiger charge is 2.34. The van der Waals surface area contributed by atoms with Gasteiger partial charge < -0.3 is 5.73 Å². The summed E-state index contributed by atoms with van der Waals surface area (Å²) in [5.41, 5.74) is 3.90. The summed E-state index contributed by atoms with van der Waals surface area (Å²) in [5.74, 6) is 0. The normalized spacial score (nSPS) is 12.4. The predicted octanol–water partition coefficient (Wildman–Crippen LogP) is 1.97. The Morgan fingerprint density at radius 1 is 1.40 bits per heavy atom. The van der Waals surface area contributed by atoms with E-state index in [0.717, 1.165) is 25.1 Å².